The first-order valence-electron chi connectivity index (χ1n) is 6.02. The molecule has 1 aromatic carbocycles. The second-order valence-corrected chi connectivity index (χ2v) is 4.11. The van der Waals surface area contributed by atoms with Crippen molar-refractivity contribution in [3.05, 3.63) is 29.8 Å². The number of rotatable bonds is 4. The first kappa shape index (κ1) is 15.8. The number of amides is 1. The van der Waals surface area contributed by atoms with Crippen molar-refractivity contribution in [1.82, 2.24) is 10.6 Å². The van der Waals surface area contributed by atoms with Crippen molar-refractivity contribution in [2.45, 2.75) is 12.6 Å². The van der Waals surface area contributed by atoms with E-state index in [0.717, 1.165) is 11.3 Å². The van der Waals surface area contributed by atoms with Crippen molar-refractivity contribution in [3.63, 3.8) is 0 Å². The third-order valence-electron chi connectivity index (χ3n) is 2.88. The van der Waals surface area contributed by atoms with Crippen LogP contribution in [0.15, 0.2) is 24.3 Å². The van der Waals surface area contributed by atoms with Crippen LogP contribution in [0.4, 0.5) is 0 Å². The summed E-state index contributed by atoms with van der Waals surface area (Å²) >= 11 is 0. The number of carbonyl (C=O) groups is 1. The van der Waals surface area contributed by atoms with Crippen LogP contribution < -0.4 is 15.4 Å². The topological polar surface area (TPSA) is 59.6 Å². The highest BCUT2D eigenvalue weighted by Gasteiger charge is 2.20. The molecule has 2 N–H and O–H groups in total. The third-order valence-corrected chi connectivity index (χ3v) is 2.88. The van der Waals surface area contributed by atoms with Gasteiger partial charge < -0.3 is 20.1 Å². The van der Waals surface area contributed by atoms with Crippen LogP contribution in [0.3, 0.4) is 0 Å². The van der Waals surface area contributed by atoms with Gasteiger partial charge in [-0.3, -0.25) is 4.79 Å². The molecule has 1 atom stereocenters. The Morgan fingerprint density at radius 3 is 3.00 bits per heavy atom. The van der Waals surface area contributed by atoms with Gasteiger partial charge >= 0.3 is 0 Å². The van der Waals surface area contributed by atoms with Crippen LogP contribution in [-0.2, 0) is 16.1 Å². The van der Waals surface area contributed by atoms with Gasteiger partial charge in [0, 0.05) is 18.7 Å². The normalized spacial score (nSPS) is 18.3. The molecule has 0 radical (unpaired) electrons. The Morgan fingerprint density at radius 2 is 2.32 bits per heavy atom. The van der Waals surface area contributed by atoms with Crippen LogP contribution in [0.25, 0.3) is 0 Å². The lowest BCUT2D eigenvalue weighted by molar-refractivity contribution is -0.126. The van der Waals surface area contributed by atoms with Gasteiger partial charge in [0.2, 0.25) is 5.91 Å². The van der Waals surface area contributed by atoms with Crippen LogP contribution in [0, 0.1) is 0 Å². The summed E-state index contributed by atoms with van der Waals surface area (Å²) in [6.45, 7) is 2.27. The molecule has 1 amide bonds. The molecule has 0 spiro atoms. The van der Waals surface area contributed by atoms with Gasteiger partial charge in [-0.25, -0.2) is 0 Å². The van der Waals surface area contributed by atoms with Gasteiger partial charge in [0.15, 0.2) is 0 Å². The van der Waals surface area contributed by atoms with Gasteiger partial charge in [0.05, 0.1) is 20.3 Å². The number of nitrogens with one attached hydrogen (secondary N) is 2. The maximum Gasteiger partial charge on any atom is 0.239 e. The second-order valence-electron chi connectivity index (χ2n) is 4.11. The van der Waals surface area contributed by atoms with Gasteiger partial charge in [-0.1, -0.05) is 18.2 Å². The Labute approximate surface area is 119 Å². The highest BCUT2D eigenvalue weighted by molar-refractivity contribution is 5.85. The Balaban J connectivity index is 0.00000180. The highest BCUT2D eigenvalue weighted by Crippen LogP contribution is 2.16. The van der Waals surface area contributed by atoms with Crippen molar-refractivity contribution in [2.75, 3.05) is 26.9 Å². The summed E-state index contributed by atoms with van der Waals surface area (Å²) in [5, 5.41) is 6.00. The molecule has 19 heavy (non-hydrogen) atoms. The first-order valence-corrected chi connectivity index (χ1v) is 6.02. The molecule has 1 aliphatic rings. The van der Waals surface area contributed by atoms with Crippen molar-refractivity contribution >= 4 is 18.3 Å². The third kappa shape index (κ3) is 4.38. The molecule has 2 rings (SSSR count). The van der Waals surface area contributed by atoms with Gasteiger partial charge in [0.1, 0.15) is 11.8 Å². The Hall–Kier alpha value is -1.30. The van der Waals surface area contributed by atoms with Crippen LogP contribution in [0.2, 0.25) is 0 Å². The molecule has 6 heteroatoms. The van der Waals surface area contributed by atoms with E-state index < -0.39 is 0 Å². The zero-order valence-electron chi connectivity index (χ0n) is 10.8. The van der Waals surface area contributed by atoms with Gasteiger partial charge in [-0.15, -0.1) is 12.4 Å². The number of methoxy groups -OCH3 is 1. The summed E-state index contributed by atoms with van der Waals surface area (Å²) in [5.41, 5.74) is 0.963. The zero-order chi connectivity index (χ0) is 12.8. The summed E-state index contributed by atoms with van der Waals surface area (Å²) < 4.78 is 10.5. The molecule has 1 saturated heterocycles. The minimum Gasteiger partial charge on any atom is -0.496 e. The molecule has 0 aromatic heterocycles. The average Bonchev–Trinajstić information content (AvgIpc) is 2.46. The number of para-hydroxylation sites is 1. The molecular formula is C13H19ClN2O3. The number of morpholine rings is 1. The molecule has 1 unspecified atom stereocenters. The largest absolute Gasteiger partial charge is 0.496 e. The monoisotopic (exact) mass is 286 g/mol. The number of hydrogen-bond acceptors (Lipinski definition) is 4. The maximum atomic E-state index is 11.9. The molecule has 1 aromatic rings. The molecular weight excluding hydrogens is 268 g/mol. The fourth-order valence-corrected chi connectivity index (χ4v) is 1.89. The lowest BCUT2D eigenvalue weighted by Crippen LogP contribution is -2.51. The zero-order valence-corrected chi connectivity index (χ0v) is 11.7. The molecule has 5 nitrogen and oxygen atoms in total. The lowest BCUT2D eigenvalue weighted by atomic mass is 10.2. The van der Waals surface area contributed by atoms with E-state index in [1.165, 1.54) is 0 Å². The van der Waals surface area contributed by atoms with E-state index in [9.17, 15) is 4.79 Å². The van der Waals surface area contributed by atoms with E-state index in [4.69, 9.17) is 9.47 Å². The summed E-state index contributed by atoms with van der Waals surface area (Å²) in [6.07, 6.45) is 0. The standard InChI is InChI=1S/C13H18N2O3.ClH/c1-17-12-5-3-2-4-10(12)8-15-13(16)11-9-18-7-6-14-11;/h2-5,11,14H,6-9H2,1H3,(H,15,16);1H. The van der Waals surface area contributed by atoms with Crippen LogP contribution >= 0.6 is 12.4 Å². The number of hydrogen-bond donors (Lipinski definition) is 2. The number of benzene rings is 1. The summed E-state index contributed by atoms with van der Waals surface area (Å²) in [7, 11) is 1.62. The minimum atomic E-state index is -0.256. The Kier molecular flexibility index (Phi) is 6.62. The summed E-state index contributed by atoms with van der Waals surface area (Å²) in [6, 6.07) is 7.38. The second kappa shape index (κ2) is 7.99. The SMILES string of the molecule is COc1ccccc1CNC(=O)C1COCCN1.Cl. The molecule has 1 aliphatic heterocycles. The maximum absolute atomic E-state index is 11.9. The van der Waals surface area contributed by atoms with Crippen LogP contribution in [0.5, 0.6) is 5.75 Å². The quantitative estimate of drug-likeness (QED) is 0.856. The fourth-order valence-electron chi connectivity index (χ4n) is 1.89. The molecule has 0 bridgehead atoms. The number of halogens is 1. The lowest BCUT2D eigenvalue weighted by Gasteiger charge is -2.23. The first-order chi connectivity index (χ1) is 8.81. The highest BCUT2D eigenvalue weighted by atomic mass is 35.5. The number of ether oxygens (including phenoxy) is 2. The Bertz CT molecular complexity index is 409. The van der Waals surface area contributed by atoms with Crippen molar-refractivity contribution in [2.24, 2.45) is 0 Å². The van der Waals surface area contributed by atoms with Crippen LogP contribution in [-0.4, -0.2) is 38.8 Å². The van der Waals surface area contributed by atoms with Gasteiger partial charge in [-0.05, 0) is 6.07 Å². The summed E-state index contributed by atoms with van der Waals surface area (Å²) in [5.74, 6) is 0.742. The predicted molar refractivity (Wildman–Crippen MR) is 74.7 cm³/mol. The van der Waals surface area contributed by atoms with Crippen LogP contribution in [0.1, 0.15) is 5.56 Å². The van der Waals surface area contributed by atoms with E-state index in [0.29, 0.717) is 26.3 Å². The van der Waals surface area contributed by atoms with Crippen molar-refractivity contribution in [1.29, 1.82) is 0 Å². The number of carbonyl (C=O) groups excluding carboxylic acids is 1. The minimum absolute atomic E-state index is 0. The van der Waals surface area contributed by atoms with E-state index in [-0.39, 0.29) is 24.4 Å². The van der Waals surface area contributed by atoms with E-state index >= 15 is 0 Å². The molecule has 0 aliphatic carbocycles. The summed E-state index contributed by atoms with van der Waals surface area (Å²) in [4.78, 5) is 11.9. The predicted octanol–water partition coefficient (Wildman–Crippen LogP) is 0.722. The van der Waals surface area contributed by atoms with E-state index in [1.54, 1.807) is 7.11 Å². The van der Waals surface area contributed by atoms with E-state index in [1.807, 2.05) is 24.3 Å². The molecule has 1 fully saturated rings. The van der Waals surface area contributed by atoms with Gasteiger partial charge in [-0.2, -0.15) is 0 Å². The Morgan fingerprint density at radius 1 is 1.53 bits per heavy atom. The fraction of sp³-hybridized carbons (Fsp3) is 0.462. The van der Waals surface area contributed by atoms with Gasteiger partial charge in [0.25, 0.3) is 0 Å². The smallest absolute Gasteiger partial charge is 0.239 e. The van der Waals surface area contributed by atoms with E-state index in [2.05, 4.69) is 10.6 Å². The van der Waals surface area contributed by atoms with Crippen molar-refractivity contribution in [3.8, 4) is 5.75 Å². The van der Waals surface area contributed by atoms with Crippen molar-refractivity contribution < 1.29 is 14.3 Å². The molecule has 106 valence electrons. The molecule has 1 heterocycles. The average molecular weight is 287 g/mol. The molecule has 0 saturated carbocycles.